The standard InChI is InChI=1S/C12H12ClNO2S/c1-8(12(15)16-2)7-17-11-5-3-4-10(13)9(11)6-14/h3-5,8H,7H2,1-2H3. The second kappa shape index (κ2) is 6.53. The number of ether oxygens (including phenoxy) is 1. The molecule has 5 heteroatoms. The molecule has 3 nitrogen and oxygen atoms in total. The molecule has 0 aliphatic carbocycles. The number of carbonyl (C=O) groups excluding carboxylic acids is 1. The number of rotatable bonds is 4. The first kappa shape index (κ1) is 13.9. The molecule has 1 rings (SSSR count). The topological polar surface area (TPSA) is 50.1 Å². The maximum absolute atomic E-state index is 11.2. The number of nitriles is 1. The van der Waals surface area contributed by atoms with Crippen molar-refractivity contribution >= 4 is 29.3 Å². The lowest BCUT2D eigenvalue weighted by Gasteiger charge is -2.09. The molecule has 1 aromatic carbocycles. The summed E-state index contributed by atoms with van der Waals surface area (Å²) >= 11 is 7.34. The number of methoxy groups -OCH3 is 1. The average Bonchev–Trinajstić information content (AvgIpc) is 2.34. The van der Waals surface area contributed by atoms with Crippen LogP contribution >= 0.6 is 23.4 Å². The summed E-state index contributed by atoms with van der Waals surface area (Å²) in [6.45, 7) is 1.79. The molecule has 0 saturated carbocycles. The average molecular weight is 270 g/mol. The Kier molecular flexibility index (Phi) is 5.33. The molecule has 0 heterocycles. The van der Waals surface area contributed by atoms with Crippen molar-refractivity contribution in [1.82, 2.24) is 0 Å². The SMILES string of the molecule is COC(=O)C(C)CSc1cccc(Cl)c1C#N. The van der Waals surface area contributed by atoms with Crippen LogP contribution in [0.2, 0.25) is 5.02 Å². The Morgan fingerprint density at radius 2 is 2.35 bits per heavy atom. The van der Waals surface area contributed by atoms with Crippen LogP contribution in [0.25, 0.3) is 0 Å². The Morgan fingerprint density at radius 1 is 1.65 bits per heavy atom. The van der Waals surface area contributed by atoms with Gasteiger partial charge in [0.25, 0.3) is 0 Å². The van der Waals surface area contributed by atoms with Crippen molar-refractivity contribution in [3.05, 3.63) is 28.8 Å². The zero-order valence-electron chi connectivity index (χ0n) is 9.57. The van der Waals surface area contributed by atoms with Crippen LogP contribution in [-0.4, -0.2) is 18.8 Å². The molecule has 0 aliphatic heterocycles. The molecule has 1 atom stereocenters. The third kappa shape index (κ3) is 3.65. The largest absolute Gasteiger partial charge is 0.469 e. The third-order valence-corrected chi connectivity index (χ3v) is 3.81. The lowest BCUT2D eigenvalue weighted by atomic mass is 10.2. The van der Waals surface area contributed by atoms with Gasteiger partial charge in [-0.3, -0.25) is 4.79 Å². The Hall–Kier alpha value is -1.18. The second-order valence-electron chi connectivity index (χ2n) is 3.46. The smallest absolute Gasteiger partial charge is 0.309 e. The van der Waals surface area contributed by atoms with Crippen LogP contribution in [0.5, 0.6) is 0 Å². The molecule has 1 unspecified atom stereocenters. The molecule has 0 bridgehead atoms. The van der Waals surface area contributed by atoms with Gasteiger partial charge in [-0.05, 0) is 12.1 Å². The molecule has 0 spiro atoms. The van der Waals surface area contributed by atoms with Crippen molar-refractivity contribution in [1.29, 1.82) is 5.26 Å². The van der Waals surface area contributed by atoms with Gasteiger partial charge in [0, 0.05) is 10.6 Å². The van der Waals surface area contributed by atoms with E-state index in [2.05, 4.69) is 10.8 Å². The van der Waals surface area contributed by atoms with E-state index in [0.717, 1.165) is 4.90 Å². The first-order valence-corrected chi connectivity index (χ1v) is 6.35. The predicted octanol–water partition coefficient (Wildman–Crippen LogP) is 3.11. The van der Waals surface area contributed by atoms with Crippen molar-refractivity contribution < 1.29 is 9.53 Å². The number of hydrogen-bond acceptors (Lipinski definition) is 4. The van der Waals surface area contributed by atoms with Crippen LogP contribution in [0.4, 0.5) is 0 Å². The van der Waals surface area contributed by atoms with E-state index in [1.807, 2.05) is 6.07 Å². The zero-order valence-corrected chi connectivity index (χ0v) is 11.1. The second-order valence-corrected chi connectivity index (χ2v) is 4.93. The van der Waals surface area contributed by atoms with E-state index in [9.17, 15) is 4.79 Å². The van der Waals surface area contributed by atoms with E-state index < -0.39 is 0 Å². The van der Waals surface area contributed by atoms with Crippen LogP contribution in [0.15, 0.2) is 23.1 Å². The highest BCUT2D eigenvalue weighted by Crippen LogP contribution is 2.29. The number of thioether (sulfide) groups is 1. The molecule has 1 aromatic rings. The maximum atomic E-state index is 11.2. The normalized spacial score (nSPS) is 11.6. The number of nitrogens with zero attached hydrogens (tertiary/aromatic N) is 1. The van der Waals surface area contributed by atoms with Crippen molar-refractivity contribution in [2.45, 2.75) is 11.8 Å². The monoisotopic (exact) mass is 269 g/mol. The summed E-state index contributed by atoms with van der Waals surface area (Å²) in [5, 5.41) is 9.41. The zero-order chi connectivity index (χ0) is 12.8. The van der Waals surface area contributed by atoms with Gasteiger partial charge >= 0.3 is 5.97 Å². The van der Waals surface area contributed by atoms with E-state index >= 15 is 0 Å². The van der Waals surface area contributed by atoms with E-state index in [-0.39, 0.29) is 11.9 Å². The van der Waals surface area contributed by atoms with E-state index in [1.54, 1.807) is 19.1 Å². The van der Waals surface area contributed by atoms with Crippen molar-refractivity contribution in [3.63, 3.8) is 0 Å². The van der Waals surface area contributed by atoms with Gasteiger partial charge in [-0.15, -0.1) is 11.8 Å². The number of carbonyl (C=O) groups is 1. The van der Waals surface area contributed by atoms with Crippen LogP contribution in [0, 0.1) is 17.2 Å². The van der Waals surface area contributed by atoms with Gasteiger partial charge in [-0.2, -0.15) is 5.26 Å². The van der Waals surface area contributed by atoms with E-state index in [1.165, 1.54) is 18.9 Å². The molecule has 0 saturated heterocycles. The fourth-order valence-corrected chi connectivity index (χ4v) is 2.53. The Bertz CT molecular complexity index is 456. The van der Waals surface area contributed by atoms with Crippen LogP contribution < -0.4 is 0 Å². The lowest BCUT2D eigenvalue weighted by molar-refractivity contribution is -0.143. The first-order chi connectivity index (χ1) is 8.10. The van der Waals surface area contributed by atoms with Crippen molar-refractivity contribution in [2.75, 3.05) is 12.9 Å². The minimum Gasteiger partial charge on any atom is -0.469 e. The van der Waals surface area contributed by atoms with Gasteiger partial charge in [0.15, 0.2) is 0 Å². The summed E-state index contributed by atoms with van der Waals surface area (Å²) in [5.41, 5.74) is 0.455. The minimum absolute atomic E-state index is 0.212. The Labute approximate surface area is 110 Å². The molecule has 17 heavy (non-hydrogen) atoms. The Morgan fingerprint density at radius 3 is 2.94 bits per heavy atom. The fraction of sp³-hybridized carbons (Fsp3) is 0.333. The van der Waals surface area contributed by atoms with Crippen LogP contribution in [-0.2, 0) is 9.53 Å². The highest BCUT2D eigenvalue weighted by atomic mass is 35.5. The molecule has 0 radical (unpaired) electrons. The van der Waals surface area contributed by atoms with Crippen molar-refractivity contribution in [3.8, 4) is 6.07 Å². The quantitative estimate of drug-likeness (QED) is 0.622. The van der Waals surface area contributed by atoms with Crippen molar-refractivity contribution in [2.24, 2.45) is 5.92 Å². The number of hydrogen-bond donors (Lipinski definition) is 0. The third-order valence-electron chi connectivity index (χ3n) is 2.18. The summed E-state index contributed by atoms with van der Waals surface area (Å²) in [4.78, 5) is 12.0. The van der Waals surface area contributed by atoms with Crippen LogP contribution in [0.1, 0.15) is 12.5 Å². The molecular formula is C12H12ClNO2S. The molecule has 0 aromatic heterocycles. The van der Waals surface area contributed by atoms with Gasteiger partial charge in [0.2, 0.25) is 0 Å². The Balaban J connectivity index is 2.74. The summed E-state index contributed by atoms with van der Waals surface area (Å²) in [6, 6.07) is 7.34. The predicted molar refractivity (Wildman–Crippen MR) is 68.1 cm³/mol. The summed E-state index contributed by atoms with van der Waals surface area (Å²) in [5.74, 6) is 0.0929. The first-order valence-electron chi connectivity index (χ1n) is 4.99. The summed E-state index contributed by atoms with van der Waals surface area (Å²) < 4.78 is 4.64. The van der Waals surface area contributed by atoms with Gasteiger partial charge in [-0.1, -0.05) is 24.6 Å². The number of halogens is 1. The van der Waals surface area contributed by atoms with Gasteiger partial charge < -0.3 is 4.74 Å². The molecule has 0 aliphatic rings. The van der Waals surface area contributed by atoms with E-state index in [0.29, 0.717) is 16.3 Å². The molecule has 0 N–H and O–H groups in total. The van der Waals surface area contributed by atoms with Gasteiger partial charge in [0.1, 0.15) is 6.07 Å². The molecular weight excluding hydrogens is 258 g/mol. The highest BCUT2D eigenvalue weighted by molar-refractivity contribution is 7.99. The fourth-order valence-electron chi connectivity index (χ4n) is 1.22. The van der Waals surface area contributed by atoms with E-state index in [4.69, 9.17) is 16.9 Å². The highest BCUT2D eigenvalue weighted by Gasteiger charge is 2.15. The minimum atomic E-state index is -0.252. The van der Waals surface area contributed by atoms with Gasteiger partial charge in [-0.25, -0.2) is 0 Å². The summed E-state index contributed by atoms with van der Waals surface area (Å²) in [7, 11) is 1.36. The van der Waals surface area contributed by atoms with Gasteiger partial charge in [0.05, 0.1) is 23.6 Å². The molecule has 90 valence electrons. The number of esters is 1. The number of benzene rings is 1. The molecule has 0 amide bonds. The summed E-state index contributed by atoms with van der Waals surface area (Å²) in [6.07, 6.45) is 0. The maximum Gasteiger partial charge on any atom is 0.309 e. The molecule has 0 fully saturated rings. The van der Waals surface area contributed by atoms with Crippen LogP contribution in [0.3, 0.4) is 0 Å². The lowest BCUT2D eigenvalue weighted by Crippen LogP contribution is -2.14.